The number of esters is 1. The Morgan fingerprint density at radius 3 is 2.36 bits per heavy atom. The molecule has 0 spiro atoms. The summed E-state index contributed by atoms with van der Waals surface area (Å²) in [6.45, 7) is -0.0860. The molecule has 11 heteroatoms. The van der Waals surface area contributed by atoms with Gasteiger partial charge in [0.1, 0.15) is 25.0 Å². The Morgan fingerprint density at radius 1 is 1.09 bits per heavy atom. The highest BCUT2D eigenvalue weighted by Crippen LogP contribution is 2.54. The predicted octanol–water partition coefficient (Wildman–Crippen LogP) is 2.18. The highest BCUT2D eigenvalue weighted by Gasteiger charge is 2.33. The first-order valence-electron chi connectivity index (χ1n) is 10.1. The van der Waals surface area contributed by atoms with E-state index in [1.807, 2.05) is 6.07 Å². The van der Waals surface area contributed by atoms with E-state index in [4.69, 9.17) is 14.6 Å². The molecule has 2 aromatic carbocycles. The molecule has 0 aliphatic carbocycles. The van der Waals surface area contributed by atoms with Gasteiger partial charge in [-0.1, -0.05) is 42.5 Å². The number of hydrogen-bond acceptors (Lipinski definition) is 8. The minimum Gasteiger partial charge on any atom is -0.491 e. The Hall–Kier alpha value is -2.91. The van der Waals surface area contributed by atoms with Crippen LogP contribution in [0.2, 0.25) is 0 Å². The fraction of sp³-hybridized carbons (Fsp3) is 0.364. The first-order valence-corrected chi connectivity index (χ1v) is 12.1. The Morgan fingerprint density at radius 2 is 1.76 bits per heavy atom. The van der Waals surface area contributed by atoms with Gasteiger partial charge in [0, 0.05) is 6.16 Å². The van der Waals surface area contributed by atoms with E-state index >= 15 is 0 Å². The summed E-state index contributed by atoms with van der Waals surface area (Å²) in [5.74, 6) is -2.09. The smallest absolute Gasteiger partial charge is 0.408 e. The monoisotopic (exact) mass is 481 g/mol. The standard InChI is InChI=1S/C22H28NO9P/c1-30-20(25)19(23-22(27)32-15-16-5-3-2-4-6-16)11-14-33(28,29)21(26)17-7-9-18(10-8-17)31-13-12-24/h2-10,19,21,24,26H,11-15H2,1H3,(H,23,27)(H,28,29)/t19-,21?/m0/s1. The molecule has 4 N–H and O–H groups in total. The molecule has 0 radical (unpaired) electrons. The summed E-state index contributed by atoms with van der Waals surface area (Å²) >= 11 is 0. The zero-order valence-electron chi connectivity index (χ0n) is 18.1. The molecular formula is C22H28NO9P. The van der Waals surface area contributed by atoms with Crippen molar-refractivity contribution in [2.75, 3.05) is 26.5 Å². The second-order valence-corrected chi connectivity index (χ2v) is 9.51. The molecule has 1 amide bonds. The Balaban J connectivity index is 1.95. The number of methoxy groups -OCH3 is 1. The lowest BCUT2D eigenvalue weighted by molar-refractivity contribution is -0.143. The molecule has 0 heterocycles. The van der Waals surface area contributed by atoms with Gasteiger partial charge in [-0.3, -0.25) is 4.57 Å². The summed E-state index contributed by atoms with van der Waals surface area (Å²) in [6.07, 6.45) is -1.60. The van der Waals surface area contributed by atoms with Gasteiger partial charge in [0.25, 0.3) is 0 Å². The number of amides is 1. The fourth-order valence-electron chi connectivity index (χ4n) is 2.87. The Labute approximate surface area is 191 Å². The number of hydrogen-bond donors (Lipinski definition) is 4. The molecule has 0 aliphatic heterocycles. The molecule has 2 rings (SSSR count). The number of carbonyl (C=O) groups is 2. The van der Waals surface area contributed by atoms with Crippen molar-refractivity contribution < 1.29 is 43.5 Å². The van der Waals surface area contributed by atoms with Crippen LogP contribution in [0.15, 0.2) is 54.6 Å². The second-order valence-electron chi connectivity index (χ2n) is 7.06. The first-order chi connectivity index (χ1) is 15.8. The highest BCUT2D eigenvalue weighted by atomic mass is 31.2. The van der Waals surface area contributed by atoms with Crippen molar-refractivity contribution in [1.29, 1.82) is 0 Å². The quantitative estimate of drug-likeness (QED) is 0.264. The van der Waals surface area contributed by atoms with Crippen LogP contribution in [0.25, 0.3) is 0 Å². The van der Waals surface area contributed by atoms with Gasteiger partial charge >= 0.3 is 12.1 Å². The number of carbonyl (C=O) groups excluding carboxylic acids is 2. The minimum absolute atomic E-state index is 0.0181. The molecule has 180 valence electrons. The molecular weight excluding hydrogens is 453 g/mol. The number of rotatable bonds is 12. The number of nitrogens with one attached hydrogen (secondary N) is 1. The summed E-state index contributed by atoms with van der Waals surface area (Å²) in [6, 6.07) is 13.5. The van der Waals surface area contributed by atoms with Crippen molar-refractivity contribution in [3.63, 3.8) is 0 Å². The fourth-order valence-corrected chi connectivity index (χ4v) is 4.38. The average molecular weight is 481 g/mol. The van der Waals surface area contributed by atoms with Crippen molar-refractivity contribution in [3.05, 3.63) is 65.7 Å². The maximum atomic E-state index is 12.7. The number of aliphatic hydroxyl groups excluding tert-OH is 2. The molecule has 3 atom stereocenters. The van der Waals surface area contributed by atoms with Gasteiger partial charge in [0.2, 0.25) is 7.37 Å². The van der Waals surface area contributed by atoms with Crippen LogP contribution in [0.4, 0.5) is 4.79 Å². The molecule has 0 fully saturated rings. The van der Waals surface area contributed by atoms with Gasteiger partial charge in [-0.05, 0) is 29.7 Å². The van der Waals surface area contributed by atoms with E-state index in [0.717, 1.165) is 12.7 Å². The maximum absolute atomic E-state index is 12.7. The summed E-state index contributed by atoms with van der Waals surface area (Å²) in [7, 11) is -3.05. The van der Waals surface area contributed by atoms with Gasteiger partial charge < -0.3 is 34.6 Å². The number of alkyl carbamates (subject to hydrolysis) is 1. The SMILES string of the molecule is COC(=O)[C@H](CCP(=O)(O)C(O)c1ccc(OCCO)cc1)NC(=O)OCc1ccccc1. The molecule has 0 saturated heterocycles. The van der Waals surface area contributed by atoms with Crippen LogP contribution in [0.5, 0.6) is 5.75 Å². The summed E-state index contributed by atoms with van der Waals surface area (Å²) in [5.41, 5.74) is 0.931. The molecule has 33 heavy (non-hydrogen) atoms. The third-order valence-electron chi connectivity index (χ3n) is 4.65. The molecule has 0 saturated carbocycles. The van der Waals surface area contributed by atoms with Crippen LogP contribution >= 0.6 is 7.37 Å². The first kappa shape index (κ1) is 26.3. The summed E-state index contributed by atoms with van der Waals surface area (Å²) in [4.78, 5) is 34.5. The van der Waals surface area contributed by atoms with E-state index in [0.29, 0.717) is 5.75 Å². The van der Waals surface area contributed by atoms with Crippen molar-refractivity contribution in [2.45, 2.75) is 24.9 Å². The third-order valence-corrected chi connectivity index (χ3v) is 6.61. The Kier molecular flexibility index (Phi) is 10.3. The number of aliphatic hydroxyl groups is 2. The van der Waals surface area contributed by atoms with Crippen molar-refractivity contribution in [2.24, 2.45) is 0 Å². The highest BCUT2D eigenvalue weighted by molar-refractivity contribution is 7.58. The third kappa shape index (κ3) is 8.51. The van der Waals surface area contributed by atoms with Gasteiger partial charge in [-0.25, -0.2) is 9.59 Å². The van der Waals surface area contributed by atoms with Gasteiger partial charge in [0.05, 0.1) is 13.7 Å². The molecule has 0 aromatic heterocycles. The number of benzene rings is 2. The van der Waals surface area contributed by atoms with Crippen LogP contribution in [0.1, 0.15) is 23.4 Å². The zero-order valence-corrected chi connectivity index (χ0v) is 19.0. The molecule has 0 bridgehead atoms. The Bertz CT molecular complexity index is 937. The van der Waals surface area contributed by atoms with E-state index in [-0.39, 0.29) is 31.8 Å². The van der Waals surface area contributed by atoms with Crippen LogP contribution < -0.4 is 10.1 Å². The second kappa shape index (κ2) is 13.0. The van der Waals surface area contributed by atoms with Crippen LogP contribution in [0.3, 0.4) is 0 Å². The van der Waals surface area contributed by atoms with E-state index in [2.05, 4.69) is 10.1 Å². The van der Waals surface area contributed by atoms with Crippen molar-refractivity contribution in [3.8, 4) is 5.75 Å². The normalized spacial score (nSPS) is 14.4. The van der Waals surface area contributed by atoms with E-state index in [1.165, 1.54) is 24.3 Å². The van der Waals surface area contributed by atoms with Crippen LogP contribution in [0, 0.1) is 0 Å². The molecule has 10 nitrogen and oxygen atoms in total. The van der Waals surface area contributed by atoms with Gasteiger partial charge in [0.15, 0.2) is 5.85 Å². The lowest BCUT2D eigenvalue weighted by Gasteiger charge is -2.22. The largest absolute Gasteiger partial charge is 0.491 e. The van der Waals surface area contributed by atoms with Crippen LogP contribution in [-0.4, -0.2) is 59.7 Å². The molecule has 2 unspecified atom stereocenters. The van der Waals surface area contributed by atoms with Crippen molar-refractivity contribution in [1.82, 2.24) is 5.32 Å². The molecule has 2 aromatic rings. The molecule has 0 aliphatic rings. The van der Waals surface area contributed by atoms with Crippen molar-refractivity contribution >= 4 is 19.4 Å². The lowest BCUT2D eigenvalue weighted by Crippen LogP contribution is -2.42. The predicted molar refractivity (Wildman–Crippen MR) is 119 cm³/mol. The van der Waals surface area contributed by atoms with Gasteiger partial charge in [-0.2, -0.15) is 0 Å². The van der Waals surface area contributed by atoms with E-state index in [9.17, 15) is 24.2 Å². The zero-order chi connectivity index (χ0) is 24.3. The van der Waals surface area contributed by atoms with Crippen LogP contribution in [-0.2, 0) is 25.4 Å². The van der Waals surface area contributed by atoms with Gasteiger partial charge in [-0.15, -0.1) is 0 Å². The summed E-state index contributed by atoms with van der Waals surface area (Å²) < 4.78 is 27.7. The topological polar surface area (TPSA) is 152 Å². The minimum atomic E-state index is -4.18. The maximum Gasteiger partial charge on any atom is 0.408 e. The summed E-state index contributed by atoms with van der Waals surface area (Å²) in [5, 5.41) is 21.5. The number of ether oxygens (including phenoxy) is 3. The average Bonchev–Trinajstić information content (AvgIpc) is 2.84. The van der Waals surface area contributed by atoms with E-state index < -0.39 is 37.5 Å². The van der Waals surface area contributed by atoms with E-state index in [1.54, 1.807) is 24.3 Å². The lowest BCUT2D eigenvalue weighted by atomic mass is 10.2.